The molecule has 3 nitrogen and oxygen atoms in total. The maximum atomic E-state index is 11.3. The third-order valence-electron chi connectivity index (χ3n) is 3.27. The van der Waals surface area contributed by atoms with Gasteiger partial charge in [0.1, 0.15) is 0 Å². The highest BCUT2D eigenvalue weighted by molar-refractivity contribution is 7.92. The van der Waals surface area contributed by atoms with Gasteiger partial charge in [-0.05, 0) is 34.0 Å². The van der Waals surface area contributed by atoms with Gasteiger partial charge in [-0.3, -0.25) is 4.72 Å². The average molecular weight is 297 g/mol. The lowest BCUT2D eigenvalue weighted by Crippen LogP contribution is -2.09. The van der Waals surface area contributed by atoms with Crippen molar-refractivity contribution in [3.63, 3.8) is 0 Å². The molecule has 106 valence electrons. The number of sulfonamides is 1. The van der Waals surface area contributed by atoms with Crippen LogP contribution in [0.4, 0.5) is 5.69 Å². The predicted molar refractivity (Wildman–Crippen MR) is 87.9 cm³/mol. The van der Waals surface area contributed by atoms with E-state index in [4.69, 9.17) is 0 Å². The van der Waals surface area contributed by atoms with E-state index < -0.39 is 10.0 Å². The van der Waals surface area contributed by atoms with Gasteiger partial charge < -0.3 is 0 Å². The van der Waals surface area contributed by atoms with Crippen LogP contribution in [0.5, 0.6) is 0 Å². The van der Waals surface area contributed by atoms with Crippen molar-refractivity contribution in [2.75, 3.05) is 11.0 Å². The molecule has 21 heavy (non-hydrogen) atoms. The molecule has 0 spiro atoms. The van der Waals surface area contributed by atoms with E-state index in [1.807, 2.05) is 42.5 Å². The van der Waals surface area contributed by atoms with Crippen molar-refractivity contribution in [3.05, 3.63) is 66.7 Å². The Morgan fingerprint density at radius 3 is 2.38 bits per heavy atom. The van der Waals surface area contributed by atoms with Gasteiger partial charge in [0.05, 0.1) is 6.26 Å². The molecule has 0 amide bonds. The molecule has 0 aromatic heterocycles. The van der Waals surface area contributed by atoms with Crippen LogP contribution >= 0.6 is 0 Å². The number of fused-ring (bicyclic) bond motifs is 1. The lowest BCUT2D eigenvalue weighted by molar-refractivity contribution is 0.607. The minimum absolute atomic E-state index is 0.572. The second-order valence-electron chi connectivity index (χ2n) is 4.98. The van der Waals surface area contributed by atoms with Crippen LogP contribution in [0.1, 0.15) is 0 Å². The highest BCUT2D eigenvalue weighted by Crippen LogP contribution is 2.30. The molecular weight excluding hydrogens is 282 g/mol. The quantitative estimate of drug-likeness (QED) is 0.797. The second kappa shape index (κ2) is 5.22. The first kappa shape index (κ1) is 13.6. The summed E-state index contributed by atoms with van der Waals surface area (Å²) < 4.78 is 25.2. The lowest BCUT2D eigenvalue weighted by atomic mass is 9.98. The molecule has 0 aliphatic rings. The van der Waals surface area contributed by atoms with Gasteiger partial charge >= 0.3 is 0 Å². The molecule has 0 unspecified atom stereocenters. The van der Waals surface area contributed by atoms with E-state index >= 15 is 0 Å². The summed E-state index contributed by atoms with van der Waals surface area (Å²) in [7, 11) is -3.27. The Morgan fingerprint density at radius 1 is 0.857 bits per heavy atom. The molecule has 0 atom stereocenters. The number of hydrogen-bond donors (Lipinski definition) is 1. The summed E-state index contributed by atoms with van der Waals surface area (Å²) in [5, 5.41) is 2.31. The van der Waals surface area contributed by atoms with Gasteiger partial charge in [-0.25, -0.2) is 8.42 Å². The number of hydrogen-bond acceptors (Lipinski definition) is 2. The first-order valence-electron chi connectivity index (χ1n) is 6.59. The van der Waals surface area contributed by atoms with E-state index in [1.54, 1.807) is 6.07 Å². The molecule has 4 heteroatoms. The summed E-state index contributed by atoms with van der Waals surface area (Å²) in [5.41, 5.74) is 2.65. The highest BCUT2D eigenvalue weighted by atomic mass is 32.2. The van der Waals surface area contributed by atoms with Crippen LogP contribution in [0.25, 0.3) is 21.9 Å². The van der Waals surface area contributed by atoms with E-state index in [-0.39, 0.29) is 0 Å². The van der Waals surface area contributed by atoms with Crippen LogP contribution in [0.15, 0.2) is 66.7 Å². The van der Waals surface area contributed by atoms with Gasteiger partial charge in [0.15, 0.2) is 0 Å². The summed E-state index contributed by atoms with van der Waals surface area (Å²) in [4.78, 5) is 0. The zero-order valence-corrected chi connectivity index (χ0v) is 12.4. The molecule has 1 N–H and O–H groups in total. The second-order valence-corrected chi connectivity index (χ2v) is 6.73. The molecule has 0 radical (unpaired) electrons. The number of rotatable bonds is 3. The molecule has 0 aliphatic carbocycles. The van der Waals surface area contributed by atoms with Crippen molar-refractivity contribution in [1.82, 2.24) is 0 Å². The Kier molecular flexibility index (Phi) is 3.39. The Bertz CT molecular complexity index is 896. The van der Waals surface area contributed by atoms with Crippen LogP contribution < -0.4 is 4.72 Å². The first-order valence-corrected chi connectivity index (χ1v) is 8.48. The number of benzene rings is 3. The first-order chi connectivity index (χ1) is 10.0. The van der Waals surface area contributed by atoms with E-state index in [0.29, 0.717) is 5.69 Å². The Balaban J connectivity index is 2.13. The topological polar surface area (TPSA) is 46.2 Å². The minimum atomic E-state index is -3.27. The fourth-order valence-electron chi connectivity index (χ4n) is 2.44. The monoisotopic (exact) mass is 297 g/mol. The van der Waals surface area contributed by atoms with E-state index in [9.17, 15) is 8.42 Å². The molecule has 3 aromatic rings. The van der Waals surface area contributed by atoms with Gasteiger partial charge in [-0.2, -0.15) is 0 Å². The molecule has 0 aliphatic heterocycles. The van der Waals surface area contributed by atoms with Crippen molar-refractivity contribution in [2.45, 2.75) is 0 Å². The minimum Gasteiger partial charge on any atom is -0.284 e. The standard InChI is InChI=1S/C17H15NO2S/c1-21(19,20)18-15-9-4-8-14(12-15)17-11-5-7-13-6-2-3-10-16(13)17/h2-12,18H,1H3. The van der Waals surface area contributed by atoms with Gasteiger partial charge in [0.25, 0.3) is 0 Å². The van der Waals surface area contributed by atoms with Crippen molar-refractivity contribution in [3.8, 4) is 11.1 Å². The Morgan fingerprint density at radius 2 is 1.57 bits per heavy atom. The van der Waals surface area contributed by atoms with Crippen molar-refractivity contribution in [1.29, 1.82) is 0 Å². The van der Waals surface area contributed by atoms with Gasteiger partial charge in [-0.1, -0.05) is 54.6 Å². The fraction of sp³-hybridized carbons (Fsp3) is 0.0588. The summed E-state index contributed by atoms with van der Waals surface area (Å²) in [5.74, 6) is 0. The van der Waals surface area contributed by atoms with Gasteiger partial charge in [0.2, 0.25) is 10.0 Å². The van der Waals surface area contributed by atoms with Crippen molar-refractivity contribution in [2.24, 2.45) is 0 Å². The van der Waals surface area contributed by atoms with Crippen LogP contribution in [-0.4, -0.2) is 14.7 Å². The predicted octanol–water partition coefficient (Wildman–Crippen LogP) is 3.88. The largest absolute Gasteiger partial charge is 0.284 e. The molecule has 3 aromatic carbocycles. The zero-order valence-electron chi connectivity index (χ0n) is 11.6. The average Bonchev–Trinajstić information content (AvgIpc) is 2.45. The smallest absolute Gasteiger partial charge is 0.229 e. The van der Waals surface area contributed by atoms with Crippen LogP contribution in [0, 0.1) is 0 Å². The molecule has 0 heterocycles. The SMILES string of the molecule is CS(=O)(=O)Nc1cccc(-c2cccc3ccccc23)c1. The molecule has 3 rings (SSSR count). The summed E-state index contributed by atoms with van der Waals surface area (Å²) >= 11 is 0. The molecule has 0 saturated carbocycles. The zero-order chi connectivity index (χ0) is 14.9. The normalized spacial score (nSPS) is 11.5. The third-order valence-corrected chi connectivity index (χ3v) is 3.87. The fourth-order valence-corrected chi connectivity index (χ4v) is 3.00. The third kappa shape index (κ3) is 3.06. The summed E-state index contributed by atoms with van der Waals surface area (Å²) in [6, 6.07) is 21.7. The number of nitrogens with one attached hydrogen (secondary N) is 1. The summed E-state index contributed by atoms with van der Waals surface area (Å²) in [6.45, 7) is 0. The van der Waals surface area contributed by atoms with Gasteiger partial charge in [0, 0.05) is 5.69 Å². The van der Waals surface area contributed by atoms with Crippen LogP contribution in [0.2, 0.25) is 0 Å². The maximum absolute atomic E-state index is 11.3. The van der Waals surface area contributed by atoms with Crippen LogP contribution in [-0.2, 0) is 10.0 Å². The highest BCUT2D eigenvalue weighted by Gasteiger charge is 2.06. The molecular formula is C17H15NO2S. The van der Waals surface area contributed by atoms with E-state index in [2.05, 4.69) is 22.9 Å². The van der Waals surface area contributed by atoms with Crippen LogP contribution in [0.3, 0.4) is 0 Å². The maximum Gasteiger partial charge on any atom is 0.229 e. The molecule has 0 bridgehead atoms. The summed E-state index contributed by atoms with van der Waals surface area (Å²) in [6.07, 6.45) is 1.15. The molecule has 0 fully saturated rings. The Labute approximate surface area is 124 Å². The lowest BCUT2D eigenvalue weighted by Gasteiger charge is -2.09. The van der Waals surface area contributed by atoms with E-state index in [0.717, 1.165) is 28.2 Å². The number of anilines is 1. The van der Waals surface area contributed by atoms with Crippen molar-refractivity contribution >= 4 is 26.5 Å². The van der Waals surface area contributed by atoms with Gasteiger partial charge in [-0.15, -0.1) is 0 Å². The molecule has 0 saturated heterocycles. The van der Waals surface area contributed by atoms with Crippen molar-refractivity contribution < 1.29 is 8.42 Å². The van der Waals surface area contributed by atoms with E-state index in [1.165, 1.54) is 0 Å². The Hall–Kier alpha value is -2.33.